The van der Waals surface area contributed by atoms with Crippen molar-refractivity contribution in [1.82, 2.24) is 9.62 Å². The number of hydrogen-bond donors (Lipinski definition) is 1. The average Bonchev–Trinajstić information content (AvgIpc) is 3.39. The SMILES string of the molecule is Cl.O=C1CCCN1c1ccc(S(=O)(=O)N2CCC(NCC3CC3)CC2)cc1. The second kappa shape index (κ2) is 8.47. The van der Waals surface area contributed by atoms with Gasteiger partial charge in [0.15, 0.2) is 0 Å². The lowest BCUT2D eigenvalue weighted by Gasteiger charge is -2.31. The third-order valence-electron chi connectivity index (χ3n) is 5.71. The Bertz CT molecular complexity index is 757. The molecule has 4 rings (SSSR count). The standard InChI is InChI=1S/C19H27N3O3S.ClH/c23-19-2-1-11-22(19)17-5-7-18(8-6-17)26(24,25)21-12-9-16(10-13-21)20-14-15-3-4-15;/h5-8,15-16,20H,1-4,9-14H2;1H. The Kier molecular flexibility index (Phi) is 6.46. The van der Waals surface area contributed by atoms with Crippen LogP contribution in [0.1, 0.15) is 38.5 Å². The first-order valence-electron chi connectivity index (χ1n) is 9.68. The monoisotopic (exact) mass is 413 g/mol. The molecule has 0 unspecified atom stereocenters. The van der Waals surface area contributed by atoms with E-state index in [2.05, 4.69) is 5.32 Å². The van der Waals surface area contributed by atoms with Gasteiger partial charge in [-0.1, -0.05) is 0 Å². The van der Waals surface area contributed by atoms with Gasteiger partial charge in [0.05, 0.1) is 4.90 Å². The van der Waals surface area contributed by atoms with E-state index in [1.54, 1.807) is 33.5 Å². The predicted molar refractivity (Wildman–Crippen MR) is 108 cm³/mol. The van der Waals surface area contributed by atoms with Crippen molar-refractivity contribution in [3.8, 4) is 0 Å². The summed E-state index contributed by atoms with van der Waals surface area (Å²) >= 11 is 0. The quantitative estimate of drug-likeness (QED) is 0.777. The zero-order valence-corrected chi connectivity index (χ0v) is 17.1. The number of nitrogens with one attached hydrogen (secondary N) is 1. The number of anilines is 1. The van der Waals surface area contributed by atoms with E-state index in [-0.39, 0.29) is 18.3 Å². The van der Waals surface area contributed by atoms with Crippen LogP contribution < -0.4 is 10.2 Å². The molecule has 0 atom stereocenters. The van der Waals surface area contributed by atoms with Gasteiger partial charge in [-0.25, -0.2) is 8.42 Å². The first kappa shape index (κ1) is 20.6. The third-order valence-corrected chi connectivity index (χ3v) is 7.62. The Hall–Kier alpha value is -1.15. The van der Waals surface area contributed by atoms with E-state index < -0.39 is 10.0 Å². The van der Waals surface area contributed by atoms with Crippen molar-refractivity contribution in [2.75, 3.05) is 31.1 Å². The lowest BCUT2D eigenvalue weighted by Crippen LogP contribution is -2.45. The fourth-order valence-corrected chi connectivity index (χ4v) is 5.29. The molecule has 8 heteroatoms. The van der Waals surface area contributed by atoms with Gasteiger partial charge in [-0.3, -0.25) is 4.79 Å². The number of benzene rings is 1. The fraction of sp³-hybridized carbons (Fsp3) is 0.632. The van der Waals surface area contributed by atoms with Crippen molar-refractivity contribution in [2.45, 2.75) is 49.5 Å². The molecule has 0 bridgehead atoms. The molecule has 2 aliphatic heterocycles. The first-order valence-corrected chi connectivity index (χ1v) is 11.1. The van der Waals surface area contributed by atoms with Crippen LogP contribution in [0.15, 0.2) is 29.2 Å². The van der Waals surface area contributed by atoms with Crippen LogP contribution >= 0.6 is 12.4 Å². The predicted octanol–water partition coefficient (Wildman–Crippen LogP) is 2.39. The van der Waals surface area contributed by atoms with Crippen molar-refractivity contribution >= 4 is 34.0 Å². The van der Waals surface area contributed by atoms with E-state index in [1.165, 1.54) is 12.8 Å². The van der Waals surface area contributed by atoms with Gasteiger partial charge in [-0.15, -0.1) is 12.4 Å². The molecule has 1 aliphatic carbocycles. The highest BCUT2D eigenvalue weighted by Crippen LogP contribution is 2.29. The number of nitrogens with zero attached hydrogens (tertiary/aromatic N) is 2. The van der Waals surface area contributed by atoms with E-state index in [4.69, 9.17) is 0 Å². The minimum atomic E-state index is -3.46. The average molecular weight is 414 g/mol. The number of halogens is 1. The second-order valence-corrected chi connectivity index (χ2v) is 9.61. The number of sulfonamides is 1. The minimum Gasteiger partial charge on any atom is -0.314 e. The molecule has 3 aliphatic rings. The fourth-order valence-electron chi connectivity index (χ4n) is 3.82. The second-order valence-electron chi connectivity index (χ2n) is 7.67. The first-order chi connectivity index (χ1) is 12.5. The van der Waals surface area contributed by atoms with Gasteiger partial charge in [-0.2, -0.15) is 4.31 Å². The van der Waals surface area contributed by atoms with Gasteiger partial charge < -0.3 is 10.2 Å². The minimum absolute atomic E-state index is 0. The molecule has 3 fully saturated rings. The molecule has 2 heterocycles. The van der Waals surface area contributed by atoms with Crippen LogP contribution in [-0.2, 0) is 14.8 Å². The van der Waals surface area contributed by atoms with Gasteiger partial charge >= 0.3 is 0 Å². The largest absolute Gasteiger partial charge is 0.314 e. The highest BCUT2D eigenvalue weighted by molar-refractivity contribution is 7.89. The summed E-state index contributed by atoms with van der Waals surface area (Å²) in [5.74, 6) is 0.958. The maximum atomic E-state index is 12.9. The maximum Gasteiger partial charge on any atom is 0.243 e. The van der Waals surface area contributed by atoms with Gasteiger partial charge in [-0.05, 0) is 68.8 Å². The summed E-state index contributed by atoms with van der Waals surface area (Å²) < 4.78 is 27.4. The summed E-state index contributed by atoms with van der Waals surface area (Å²) in [5.41, 5.74) is 0.787. The Morgan fingerprint density at radius 2 is 1.67 bits per heavy atom. The lowest BCUT2D eigenvalue weighted by atomic mass is 10.1. The van der Waals surface area contributed by atoms with E-state index in [0.717, 1.165) is 37.4 Å². The molecule has 1 aromatic rings. The zero-order chi connectivity index (χ0) is 18.1. The van der Waals surface area contributed by atoms with Crippen LogP contribution in [-0.4, -0.2) is 50.9 Å². The number of piperidine rings is 1. The number of rotatable bonds is 6. The van der Waals surface area contributed by atoms with E-state index in [1.807, 2.05) is 0 Å². The zero-order valence-electron chi connectivity index (χ0n) is 15.5. The van der Waals surface area contributed by atoms with E-state index in [0.29, 0.717) is 37.0 Å². The third kappa shape index (κ3) is 4.65. The van der Waals surface area contributed by atoms with Gasteiger partial charge in [0, 0.05) is 37.8 Å². The van der Waals surface area contributed by atoms with Crippen LogP contribution in [0.3, 0.4) is 0 Å². The molecule has 0 radical (unpaired) electrons. The van der Waals surface area contributed by atoms with Crippen molar-refractivity contribution < 1.29 is 13.2 Å². The number of carbonyl (C=O) groups is 1. The van der Waals surface area contributed by atoms with Gasteiger partial charge in [0.1, 0.15) is 0 Å². The highest BCUT2D eigenvalue weighted by atomic mass is 35.5. The van der Waals surface area contributed by atoms with Crippen LogP contribution in [0, 0.1) is 5.92 Å². The summed E-state index contributed by atoms with van der Waals surface area (Å²) in [6, 6.07) is 7.20. The van der Waals surface area contributed by atoms with Gasteiger partial charge in [0.2, 0.25) is 15.9 Å². The normalized spacial score (nSPS) is 22.1. The molecular formula is C19H28ClN3O3S. The summed E-state index contributed by atoms with van der Waals surface area (Å²) in [5, 5.41) is 3.58. The molecule has 1 N–H and O–H groups in total. The van der Waals surface area contributed by atoms with Gasteiger partial charge in [0.25, 0.3) is 0 Å². The molecule has 150 valence electrons. The number of amides is 1. The Balaban J connectivity index is 0.00000210. The molecule has 0 spiro atoms. The maximum absolute atomic E-state index is 12.9. The molecular weight excluding hydrogens is 386 g/mol. The van der Waals surface area contributed by atoms with Crippen LogP contribution in [0.25, 0.3) is 0 Å². The number of hydrogen-bond acceptors (Lipinski definition) is 4. The summed E-state index contributed by atoms with van der Waals surface area (Å²) in [6.45, 7) is 2.93. The lowest BCUT2D eigenvalue weighted by molar-refractivity contribution is -0.117. The topological polar surface area (TPSA) is 69.7 Å². The van der Waals surface area contributed by atoms with Crippen molar-refractivity contribution in [1.29, 1.82) is 0 Å². The van der Waals surface area contributed by atoms with Crippen molar-refractivity contribution in [3.63, 3.8) is 0 Å². The Morgan fingerprint density at radius 1 is 1.00 bits per heavy atom. The molecule has 1 saturated carbocycles. The van der Waals surface area contributed by atoms with E-state index >= 15 is 0 Å². The van der Waals surface area contributed by atoms with E-state index in [9.17, 15) is 13.2 Å². The number of carbonyl (C=O) groups excluding carboxylic acids is 1. The summed E-state index contributed by atoms with van der Waals surface area (Å²) in [4.78, 5) is 13.9. The highest BCUT2D eigenvalue weighted by Gasteiger charge is 2.30. The summed E-state index contributed by atoms with van der Waals surface area (Å²) in [6.07, 6.45) is 5.84. The molecule has 6 nitrogen and oxygen atoms in total. The molecule has 0 aromatic heterocycles. The molecule has 1 aromatic carbocycles. The Labute approximate surface area is 167 Å². The Morgan fingerprint density at radius 3 is 2.22 bits per heavy atom. The smallest absolute Gasteiger partial charge is 0.243 e. The summed E-state index contributed by atoms with van der Waals surface area (Å²) in [7, 11) is -3.46. The van der Waals surface area contributed by atoms with Crippen LogP contribution in [0.2, 0.25) is 0 Å². The molecule has 27 heavy (non-hydrogen) atoms. The molecule has 1 amide bonds. The molecule has 2 saturated heterocycles. The van der Waals surface area contributed by atoms with Crippen molar-refractivity contribution in [2.24, 2.45) is 5.92 Å². The van der Waals surface area contributed by atoms with Crippen molar-refractivity contribution in [3.05, 3.63) is 24.3 Å². The van der Waals surface area contributed by atoms with Crippen LogP contribution in [0.5, 0.6) is 0 Å². The van der Waals surface area contributed by atoms with Crippen LogP contribution in [0.4, 0.5) is 5.69 Å².